The molecule has 1 aromatic rings. The van der Waals surface area contributed by atoms with Crippen LogP contribution in [-0.4, -0.2) is 30.3 Å². The molecule has 96 valence electrons. The van der Waals surface area contributed by atoms with Gasteiger partial charge in [-0.25, -0.2) is 13.4 Å². The van der Waals surface area contributed by atoms with Gasteiger partial charge in [0.1, 0.15) is 5.82 Å². The van der Waals surface area contributed by atoms with E-state index in [2.05, 4.69) is 42.2 Å². The van der Waals surface area contributed by atoms with Crippen LogP contribution in [0.4, 0.5) is 5.82 Å². The molecule has 1 N–H and O–H groups in total. The fourth-order valence-corrected chi connectivity index (χ4v) is 2.84. The molecule has 5 nitrogen and oxygen atoms in total. The van der Waals surface area contributed by atoms with Crippen LogP contribution in [0.2, 0.25) is 0 Å². The Labute approximate surface area is 145 Å². The molecule has 0 aliphatic heterocycles. The number of hydrogen-bond acceptors (Lipinski definition) is 5. The van der Waals surface area contributed by atoms with Crippen LogP contribution in [0.5, 0.6) is 0 Å². The van der Waals surface area contributed by atoms with Crippen LogP contribution < -0.4 is 34.9 Å². The van der Waals surface area contributed by atoms with E-state index in [0.29, 0.717) is 25.2 Å². The Bertz CT molecular complexity index is 485. The summed E-state index contributed by atoms with van der Waals surface area (Å²) in [5.41, 5.74) is 0. The molecular weight excluding hydrogens is 399 g/mol. The predicted molar refractivity (Wildman–Crippen MR) is 71.9 cm³/mol. The SMILES string of the molecule is O=S(=O)([O-])CCCCNc1ncc(Br)cc1Br.[Na+]. The molecule has 0 amide bonds. The fourth-order valence-electron chi connectivity index (χ4n) is 1.16. The first-order valence-corrected chi connectivity index (χ1v) is 8.03. The summed E-state index contributed by atoms with van der Waals surface area (Å²) in [4.78, 5) is 4.14. The maximum atomic E-state index is 10.4. The van der Waals surface area contributed by atoms with Crippen molar-refractivity contribution >= 4 is 47.8 Å². The molecule has 0 spiro atoms. The van der Waals surface area contributed by atoms with Gasteiger partial charge in [0.15, 0.2) is 0 Å². The van der Waals surface area contributed by atoms with Gasteiger partial charge in [0.2, 0.25) is 0 Å². The van der Waals surface area contributed by atoms with E-state index >= 15 is 0 Å². The van der Waals surface area contributed by atoms with Crippen molar-refractivity contribution in [3.05, 3.63) is 21.2 Å². The van der Waals surface area contributed by atoms with E-state index in [1.807, 2.05) is 6.07 Å². The average Bonchev–Trinajstić information content (AvgIpc) is 2.18. The molecule has 0 aliphatic rings. The summed E-state index contributed by atoms with van der Waals surface area (Å²) in [5, 5.41) is 3.05. The Balaban J connectivity index is 0.00000289. The minimum absolute atomic E-state index is 0. The molecule has 1 rings (SSSR count). The van der Waals surface area contributed by atoms with Crippen LogP contribution >= 0.6 is 31.9 Å². The number of unbranched alkanes of at least 4 members (excludes halogenated alkanes) is 1. The van der Waals surface area contributed by atoms with Crippen LogP contribution in [0.1, 0.15) is 12.8 Å². The molecule has 0 fully saturated rings. The molecule has 0 saturated heterocycles. The molecular formula is C9H11Br2N2NaO3S. The standard InChI is InChI=1S/C9H12Br2N2O3S.Na/c10-7-5-8(11)9(13-6-7)12-3-1-2-4-17(14,15)16;/h5-6H,1-4H2,(H,12,13)(H,14,15,16);/q;+1/p-1. The molecule has 0 unspecified atom stereocenters. The molecule has 18 heavy (non-hydrogen) atoms. The van der Waals surface area contributed by atoms with Crippen molar-refractivity contribution in [2.75, 3.05) is 17.6 Å². The normalized spacial score (nSPS) is 10.8. The molecule has 9 heteroatoms. The zero-order valence-electron chi connectivity index (χ0n) is 9.82. The van der Waals surface area contributed by atoms with Gasteiger partial charge in [-0.05, 0) is 50.8 Å². The molecule has 1 aromatic heterocycles. The molecule has 0 saturated carbocycles. The number of anilines is 1. The van der Waals surface area contributed by atoms with Crippen molar-refractivity contribution in [2.24, 2.45) is 0 Å². The quantitative estimate of drug-likeness (QED) is 0.383. The van der Waals surface area contributed by atoms with Crippen LogP contribution in [-0.2, 0) is 10.1 Å². The van der Waals surface area contributed by atoms with Crippen molar-refractivity contribution in [1.29, 1.82) is 0 Å². The Morgan fingerprint density at radius 1 is 1.33 bits per heavy atom. The first-order chi connectivity index (χ1) is 7.88. The summed E-state index contributed by atoms with van der Waals surface area (Å²) in [6.45, 7) is 0.572. The van der Waals surface area contributed by atoms with Crippen LogP contribution in [0.25, 0.3) is 0 Å². The topological polar surface area (TPSA) is 82.1 Å². The van der Waals surface area contributed by atoms with Gasteiger partial charge in [0, 0.05) is 23.0 Å². The minimum Gasteiger partial charge on any atom is -0.748 e. The maximum Gasteiger partial charge on any atom is 1.00 e. The van der Waals surface area contributed by atoms with E-state index < -0.39 is 10.1 Å². The zero-order valence-corrected chi connectivity index (χ0v) is 15.8. The second kappa shape index (κ2) is 8.89. The predicted octanol–water partition coefficient (Wildman–Crippen LogP) is -0.652. The van der Waals surface area contributed by atoms with Gasteiger partial charge in [-0.3, -0.25) is 0 Å². The number of hydrogen-bond donors (Lipinski definition) is 1. The Morgan fingerprint density at radius 2 is 2.00 bits per heavy atom. The smallest absolute Gasteiger partial charge is 0.748 e. The molecule has 0 aromatic carbocycles. The fraction of sp³-hybridized carbons (Fsp3) is 0.444. The first kappa shape index (κ1) is 18.8. The minimum atomic E-state index is -4.09. The van der Waals surface area contributed by atoms with E-state index in [-0.39, 0.29) is 35.3 Å². The monoisotopic (exact) mass is 408 g/mol. The number of nitrogens with one attached hydrogen (secondary N) is 1. The molecule has 0 aliphatic carbocycles. The third kappa shape index (κ3) is 8.08. The maximum absolute atomic E-state index is 10.4. The number of aromatic nitrogens is 1. The molecule has 0 bridgehead atoms. The summed E-state index contributed by atoms with van der Waals surface area (Å²) in [6.07, 6.45) is 2.62. The summed E-state index contributed by atoms with van der Waals surface area (Å²) in [6, 6.07) is 1.86. The molecule has 1 heterocycles. The van der Waals surface area contributed by atoms with E-state index in [4.69, 9.17) is 0 Å². The third-order valence-electron chi connectivity index (χ3n) is 1.92. The van der Waals surface area contributed by atoms with Crippen LogP contribution in [0, 0.1) is 0 Å². The van der Waals surface area contributed by atoms with Gasteiger partial charge in [-0.1, -0.05) is 0 Å². The molecule has 0 atom stereocenters. The second-order valence-corrected chi connectivity index (χ2v) is 6.67. The number of rotatable bonds is 6. The van der Waals surface area contributed by atoms with Crippen molar-refractivity contribution < 1.29 is 42.5 Å². The van der Waals surface area contributed by atoms with Crippen molar-refractivity contribution in [2.45, 2.75) is 12.8 Å². The zero-order chi connectivity index (χ0) is 12.9. The van der Waals surface area contributed by atoms with Gasteiger partial charge in [0.05, 0.1) is 14.6 Å². The third-order valence-corrected chi connectivity index (χ3v) is 3.75. The van der Waals surface area contributed by atoms with Gasteiger partial charge >= 0.3 is 29.6 Å². The van der Waals surface area contributed by atoms with Crippen LogP contribution in [0.15, 0.2) is 21.2 Å². The molecule has 0 radical (unpaired) electrons. The Hall–Kier alpha value is 0.820. The van der Waals surface area contributed by atoms with E-state index in [1.54, 1.807) is 6.20 Å². The first-order valence-electron chi connectivity index (χ1n) is 4.87. The van der Waals surface area contributed by atoms with E-state index in [9.17, 15) is 13.0 Å². The Morgan fingerprint density at radius 3 is 2.56 bits per heavy atom. The summed E-state index contributed by atoms with van der Waals surface area (Å²) < 4.78 is 32.8. The average molecular weight is 410 g/mol. The van der Waals surface area contributed by atoms with Crippen molar-refractivity contribution in [3.8, 4) is 0 Å². The van der Waals surface area contributed by atoms with Crippen LogP contribution in [0.3, 0.4) is 0 Å². The number of pyridine rings is 1. The van der Waals surface area contributed by atoms with Crippen molar-refractivity contribution in [1.82, 2.24) is 4.98 Å². The van der Waals surface area contributed by atoms with Crippen molar-refractivity contribution in [3.63, 3.8) is 0 Å². The second-order valence-electron chi connectivity index (χ2n) is 3.38. The number of halogens is 2. The largest absolute Gasteiger partial charge is 1.00 e. The van der Waals surface area contributed by atoms with E-state index in [0.717, 1.165) is 8.95 Å². The van der Waals surface area contributed by atoms with Gasteiger partial charge < -0.3 is 9.87 Å². The summed E-state index contributed by atoms with van der Waals surface area (Å²) in [5.74, 6) is 0.377. The van der Waals surface area contributed by atoms with E-state index in [1.165, 1.54) is 0 Å². The van der Waals surface area contributed by atoms with Gasteiger partial charge in [-0.2, -0.15) is 0 Å². The summed E-state index contributed by atoms with van der Waals surface area (Å²) >= 11 is 6.64. The Kier molecular flexibility index (Phi) is 9.29. The van der Waals surface area contributed by atoms with Gasteiger partial charge in [-0.15, -0.1) is 0 Å². The number of nitrogens with zero attached hydrogens (tertiary/aromatic N) is 1. The summed E-state index contributed by atoms with van der Waals surface area (Å²) in [7, 11) is -4.09. The van der Waals surface area contributed by atoms with Gasteiger partial charge in [0.25, 0.3) is 0 Å².